The summed E-state index contributed by atoms with van der Waals surface area (Å²) in [5.74, 6) is -1.31. The van der Waals surface area contributed by atoms with E-state index in [4.69, 9.17) is 4.74 Å². The van der Waals surface area contributed by atoms with Crippen molar-refractivity contribution in [3.05, 3.63) is 95.3 Å². The summed E-state index contributed by atoms with van der Waals surface area (Å²) in [4.78, 5) is 32.0. The molecule has 9 nitrogen and oxygen atoms in total. The zero-order valence-electron chi connectivity index (χ0n) is 21.4. The second kappa shape index (κ2) is 11.2. The number of hydrogen-bond donors (Lipinski definition) is 1. The number of sulfonamides is 1. The molecule has 2 heterocycles. The number of carbonyl (C=O) groups excluding carboxylic acids is 2. The average molecular weight is 536 g/mol. The van der Waals surface area contributed by atoms with Gasteiger partial charge in [-0.15, -0.1) is 0 Å². The molecule has 0 saturated carbocycles. The van der Waals surface area contributed by atoms with Crippen molar-refractivity contribution in [2.45, 2.75) is 30.8 Å². The number of benzene rings is 2. The zero-order chi connectivity index (χ0) is 27.4. The molecule has 0 radical (unpaired) electrons. The van der Waals surface area contributed by atoms with Crippen LogP contribution in [0.1, 0.15) is 36.1 Å². The molecule has 1 aliphatic rings. The summed E-state index contributed by atoms with van der Waals surface area (Å²) in [6, 6.07) is 15.2. The molecule has 38 heavy (non-hydrogen) atoms. The van der Waals surface area contributed by atoms with Gasteiger partial charge in [-0.3, -0.25) is 14.6 Å². The highest BCUT2D eigenvalue weighted by Gasteiger charge is 2.46. The van der Waals surface area contributed by atoms with Crippen molar-refractivity contribution in [3.63, 3.8) is 0 Å². The van der Waals surface area contributed by atoms with Crippen LogP contribution in [0.3, 0.4) is 0 Å². The van der Waals surface area contributed by atoms with Gasteiger partial charge in [0.05, 0.1) is 23.1 Å². The standard InChI is InChI=1S/C28H29N3O6S/c1-4-16-37-22-11-7-20(8-12-22)25-24(27(33)28(34)31(25)18-19-6-5-15-29-17-19)26(32)21-9-13-23(14-10-21)38(35,36)30(2)3/h5-15,17,25,32H,4,16,18H2,1-3H3/t25-/m0/s1. The highest BCUT2D eigenvalue weighted by Crippen LogP contribution is 2.40. The van der Waals surface area contributed by atoms with Gasteiger partial charge in [-0.05, 0) is 60.0 Å². The molecule has 0 aliphatic carbocycles. The van der Waals surface area contributed by atoms with Gasteiger partial charge in [-0.2, -0.15) is 0 Å². The maximum absolute atomic E-state index is 13.3. The normalized spacial score (nSPS) is 17.3. The van der Waals surface area contributed by atoms with Crippen molar-refractivity contribution in [2.24, 2.45) is 0 Å². The topological polar surface area (TPSA) is 117 Å². The van der Waals surface area contributed by atoms with Crippen LogP contribution in [-0.4, -0.2) is 60.1 Å². The fourth-order valence-corrected chi connectivity index (χ4v) is 5.10. The molecule has 0 spiro atoms. The van der Waals surface area contributed by atoms with Crippen molar-refractivity contribution >= 4 is 27.5 Å². The van der Waals surface area contributed by atoms with Gasteiger partial charge in [0, 0.05) is 38.6 Å². The molecule has 3 aromatic rings. The van der Waals surface area contributed by atoms with E-state index in [1.54, 1.807) is 48.8 Å². The Balaban J connectivity index is 1.79. The van der Waals surface area contributed by atoms with Gasteiger partial charge < -0.3 is 14.7 Å². The Bertz CT molecular complexity index is 1450. The van der Waals surface area contributed by atoms with Crippen LogP contribution in [-0.2, 0) is 26.2 Å². The minimum absolute atomic E-state index is 0.0373. The molecule has 1 aromatic heterocycles. The number of aliphatic hydroxyl groups is 1. The summed E-state index contributed by atoms with van der Waals surface area (Å²) in [7, 11) is -0.833. The number of pyridine rings is 1. The number of hydrogen-bond acceptors (Lipinski definition) is 7. The number of ketones is 1. The Kier molecular flexibility index (Phi) is 7.94. The number of carbonyl (C=O) groups is 2. The van der Waals surface area contributed by atoms with Crippen molar-refractivity contribution in [1.82, 2.24) is 14.2 Å². The number of aliphatic hydroxyl groups excluding tert-OH is 1. The Morgan fingerprint density at radius 3 is 2.32 bits per heavy atom. The largest absolute Gasteiger partial charge is 0.507 e. The third-order valence-electron chi connectivity index (χ3n) is 6.19. The van der Waals surface area contributed by atoms with E-state index < -0.39 is 27.8 Å². The molecule has 1 saturated heterocycles. The lowest BCUT2D eigenvalue weighted by Crippen LogP contribution is -2.29. The quantitative estimate of drug-likeness (QED) is 0.252. The summed E-state index contributed by atoms with van der Waals surface area (Å²) in [5, 5.41) is 11.3. The van der Waals surface area contributed by atoms with Gasteiger partial charge in [0.2, 0.25) is 10.0 Å². The highest BCUT2D eigenvalue weighted by atomic mass is 32.2. The molecule has 0 unspecified atom stereocenters. The first-order chi connectivity index (χ1) is 18.1. The number of nitrogens with zero attached hydrogens (tertiary/aromatic N) is 3. The van der Waals surface area contributed by atoms with Gasteiger partial charge in [-0.1, -0.05) is 25.1 Å². The van der Waals surface area contributed by atoms with E-state index in [9.17, 15) is 23.1 Å². The third kappa shape index (κ3) is 5.32. The van der Waals surface area contributed by atoms with Crippen LogP contribution in [0.25, 0.3) is 5.76 Å². The molecular formula is C28H29N3O6S. The Hall–Kier alpha value is -4.02. The number of likely N-dealkylation sites (tertiary alicyclic amines) is 1. The SMILES string of the molecule is CCCOc1ccc([C@H]2C(=C(O)c3ccc(S(=O)(=O)N(C)C)cc3)C(=O)C(=O)N2Cc2cccnc2)cc1. The predicted octanol–water partition coefficient (Wildman–Crippen LogP) is 3.74. The van der Waals surface area contributed by atoms with Crippen LogP contribution in [0.4, 0.5) is 0 Å². The van der Waals surface area contributed by atoms with E-state index in [1.165, 1.54) is 43.3 Å². The van der Waals surface area contributed by atoms with Crippen LogP contribution in [0.5, 0.6) is 5.75 Å². The lowest BCUT2D eigenvalue weighted by molar-refractivity contribution is -0.140. The minimum Gasteiger partial charge on any atom is -0.507 e. The van der Waals surface area contributed by atoms with Gasteiger partial charge in [0.25, 0.3) is 11.7 Å². The first-order valence-electron chi connectivity index (χ1n) is 12.1. The van der Waals surface area contributed by atoms with Crippen molar-refractivity contribution < 1.29 is 27.9 Å². The van der Waals surface area contributed by atoms with Crippen molar-refractivity contribution in [2.75, 3.05) is 20.7 Å². The smallest absolute Gasteiger partial charge is 0.295 e. The first kappa shape index (κ1) is 27.0. The van der Waals surface area contributed by atoms with Gasteiger partial charge in [0.15, 0.2) is 0 Å². The van der Waals surface area contributed by atoms with E-state index in [-0.39, 0.29) is 28.3 Å². The van der Waals surface area contributed by atoms with E-state index in [0.717, 1.165) is 16.3 Å². The van der Waals surface area contributed by atoms with Crippen LogP contribution >= 0.6 is 0 Å². The maximum Gasteiger partial charge on any atom is 0.295 e. The highest BCUT2D eigenvalue weighted by molar-refractivity contribution is 7.89. The lowest BCUT2D eigenvalue weighted by atomic mass is 9.95. The summed E-state index contributed by atoms with van der Waals surface area (Å²) in [5.41, 5.74) is 1.48. The zero-order valence-corrected chi connectivity index (χ0v) is 22.2. The van der Waals surface area contributed by atoms with Crippen LogP contribution in [0.2, 0.25) is 0 Å². The van der Waals surface area contributed by atoms with Crippen LogP contribution in [0.15, 0.2) is 83.5 Å². The van der Waals surface area contributed by atoms with Crippen LogP contribution < -0.4 is 4.74 Å². The van der Waals surface area contributed by atoms with Crippen molar-refractivity contribution in [1.29, 1.82) is 0 Å². The molecule has 1 amide bonds. The molecule has 10 heteroatoms. The summed E-state index contributed by atoms with van der Waals surface area (Å²) in [6.07, 6.45) is 4.08. The average Bonchev–Trinajstić information content (AvgIpc) is 3.17. The van der Waals surface area contributed by atoms with E-state index in [0.29, 0.717) is 17.9 Å². The van der Waals surface area contributed by atoms with E-state index >= 15 is 0 Å². The Morgan fingerprint density at radius 1 is 1.05 bits per heavy atom. The Morgan fingerprint density at radius 2 is 1.74 bits per heavy atom. The summed E-state index contributed by atoms with van der Waals surface area (Å²) in [6.45, 7) is 2.66. The number of ether oxygens (including phenoxy) is 1. The molecule has 1 aliphatic heterocycles. The van der Waals surface area contributed by atoms with Gasteiger partial charge in [0.1, 0.15) is 11.5 Å². The Labute approximate surface area is 222 Å². The molecule has 198 valence electrons. The number of rotatable bonds is 9. The molecule has 1 fully saturated rings. The molecular weight excluding hydrogens is 506 g/mol. The van der Waals surface area contributed by atoms with Gasteiger partial charge >= 0.3 is 0 Å². The predicted molar refractivity (Wildman–Crippen MR) is 142 cm³/mol. The summed E-state index contributed by atoms with van der Waals surface area (Å²) < 4.78 is 31.6. The third-order valence-corrected chi connectivity index (χ3v) is 8.02. The second-order valence-electron chi connectivity index (χ2n) is 9.02. The molecule has 0 bridgehead atoms. The fraction of sp³-hybridized carbons (Fsp3) is 0.250. The number of amides is 1. The maximum atomic E-state index is 13.3. The fourth-order valence-electron chi connectivity index (χ4n) is 4.20. The monoisotopic (exact) mass is 535 g/mol. The van der Waals surface area contributed by atoms with Gasteiger partial charge in [-0.25, -0.2) is 12.7 Å². The molecule has 2 aromatic carbocycles. The van der Waals surface area contributed by atoms with E-state index in [2.05, 4.69) is 4.98 Å². The number of Topliss-reactive ketones (excluding diaryl/α,β-unsaturated/α-hetero) is 1. The minimum atomic E-state index is -3.68. The second-order valence-corrected chi connectivity index (χ2v) is 11.2. The van der Waals surface area contributed by atoms with E-state index in [1.807, 2.05) is 6.92 Å². The lowest BCUT2D eigenvalue weighted by Gasteiger charge is -2.25. The molecule has 4 rings (SSSR count). The summed E-state index contributed by atoms with van der Waals surface area (Å²) >= 11 is 0. The van der Waals surface area contributed by atoms with Crippen LogP contribution in [0, 0.1) is 0 Å². The number of aromatic nitrogens is 1. The molecule has 1 atom stereocenters. The molecule has 1 N–H and O–H groups in total. The first-order valence-corrected chi connectivity index (χ1v) is 13.5. The van der Waals surface area contributed by atoms with Crippen molar-refractivity contribution in [3.8, 4) is 5.75 Å².